The third-order valence-electron chi connectivity index (χ3n) is 2.62. The molecular weight excluding hydrogens is 264 g/mol. The average molecular weight is 274 g/mol. The van der Waals surface area contributed by atoms with Crippen LogP contribution in [0, 0.1) is 12.7 Å². The zero-order chi connectivity index (χ0) is 14.4. The van der Waals surface area contributed by atoms with Gasteiger partial charge < -0.3 is 11.6 Å². The van der Waals surface area contributed by atoms with Crippen molar-refractivity contribution in [1.82, 2.24) is 9.66 Å². The average Bonchev–Trinajstić information content (AvgIpc) is 2.55. The predicted molar refractivity (Wildman–Crippen MR) is 61.9 cm³/mol. The Morgan fingerprint density at radius 2 is 1.84 bits per heavy atom. The molecule has 0 amide bonds. The lowest BCUT2D eigenvalue weighted by Gasteiger charge is -2.08. The summed E-state index contributed by atoms with van der Waals surface area (Å²) in [7, 11) is 0. The first-order chi connectivity index (χ1) is 8.70. The van der Waals surface area contributed by atoms with Crippen molar-refractivity contribution in [2.45, 2.75) is 13.1 Å². The Morgan fingerprint density at radius 3 is 2.32 bits per heavy atom. The van der Waals surface area contributed by atoms with Crippen molar-refractivity contribution in [3.05, 3.63) is 35.4 Å². The van der Waals surface area contributed by atoms with E-state index in [-0.39, 0.29) is 17.1 Å². The zero-order valence-electron chi connectivity index (χ0n) is 9.79. The first-order valence-electron chi connectivity index (χ1n) is 5.18. The number of benzene rings is 1. The number of nitrogens with two attached hydrogens (primary N) is 2. The molecule has 0 spiro atoms. The molecule has 0 atom stereocenters. The van der Waals surface area contributed by atoms with E-state index in [4.69, 9.17) is 11.6 Å². The van der Waals surface area contributed by atoms with E-state index in [1.807, 2.05) is 0 Å². The normalized spacial score (nSPS) is 11.8. The van der Waals surface area contributed by atoms with Crippen LogP contribution in [0.3, 0.4) is 0 Å². The van der Waals surface area contributed by atoms with Crippen molar-refractivity contribution in [1.29, 1.82) is 0 Å². The molecule has 0 unspecified atom stereocenters. The number of hydrogen-bond donors (Lipinski definition) is 2. The van der Waals surface area contributed by atoms with E-state index in [2.05, 4.69) is 4.98 Å². The fraction of sp³-hybridized carbons (Fsp3) is 0.182. The SMILES string of the molecule is Cc1nc(-c2cc(F)cc(C(F)(F)F)c2)c(N)n1N. The molecule has 0 bridgehead atoms. The minimum absolute atomic E-state index is 0.0185. The summed E-state index contributed by atoms with van der Waals surface area (Å²) in [6.07, 6.45) is -4.65. The highest BCUT2D eigenvalue weighted by atomic mass is 19.4. The molecule has 1 aromatic heterocycles. The van der Waals surface area contributed by atoms with Crippen LogP contribution in [0.25, 0.3) is 11.3 Å². The maximum Gasteiger partial charge on any atom is 0.416 e. The third kappa shape index (κ3) is 2.33. The van der Waals surface area contributed by atoms with Crippen LogP contribution < -0.4 is 11.6 Å². The molecule has 2 aromatic rings. The molecule has 1 heterocycles. The van der Waals surface area contributed by atoms with Crippen molar-refractivity contribution >= 4 is 5.82 Å². The molecule has 0 aliphatic rings. The maximum absolute atomic E-state index is 13.3. The minimum atomic E-state index is -4.65. The molecule has 0 saturated carbocycles. The van der Waals surface area contributed by atoms with E-state index in [1.165, 1.54) is 6.92 Å². The molecule has 0 saturated heterocycles. The molecule has 19 heavy (non-hydrogen) atoms. The first kappa shape index (κ1) is 13.2. The van der Waals surface area contributed by atoms with Gasteiger partial charge in [-0.2, -0.15) is 13.2 Å². The van der Waals surface area contributed by atoms with Crippen LogP contribution in [0.15, 0.2) is 18.2 Å². The van der Waals surface area contributed by atoms with Crippen molar-refractivity contribution in [3.63, 3.8) is 0 Å². The summed E-state index contributed by atoms with van der Waals surface area (Å²) < 4.78 is 52.1. The van der Waals surface area contributed by atoms with E-state index in [9.17, 15) is 17.6 Å². The summed E-state index contributed by atoms with van der Waals surface area (Å²) >= 11 is 0. The van der Waals surface area contributed by atoms with Gasteiger partial charge in [0.05, 0.1) is 5.56 Å². The number of aromatic nitrogens is 2. The van der Waals surface area contributed by atoms with E-state index >= 15 is 0 Å². The zero-order valence-corrected chi connectivity index (χ0v) is 9.79. The molecule has 0 aliphatic heterocycles. The Kier molecular flexibility index (Phi) is 2.88. The van der Waals surface area contributed by atoms with Gasteiger partial charge in [0.2, 0.25) is 0 Å². The lowest BCUT2D eigenvalue weighted by molar-refractivity contribution is -0.137. The third-order valence-corrected chi connectivity index (χ3v) is 2.62. The Morgan fingerprint density at radius 1 is 1.21 bits per heavy atom. The van der Waals surface area contributed by atoms with Gasteiger partial charge in [0.1, 0.15) is 17.3 Å². The topological polar surface area (TPSA) is 69.9 Å². The molecule has 8 heteroatoms. The molecule has 0 fully saturated rings. The number of nitrogen functional groups attached to an aromatic ring is 2. The Bertz CT molecular complexity index is 630. The summed E-state index contributed by atoms with van der Waals surface area (Å²) in [6, 6.07) is 2.11. The largest absolute Gasteiger partial charge is 0.416 e. The minimum Gasteiger partial charge on any atom is -0.382 e. The van der Waals surface area contributed by atoms with Gasteiger partial charge in [0.25, 0.3) is 0 Å². The van der Waals surface area contributed by atoms with Crippen LogP contribution in [0.1, 0.15) is 11.4 Å². The Balaban J connectivity index is 2.63. The van der Waals surface area contributed by atoms with Gasteiger partial charge >= 0.3 is 6.18 Å². The van der Waals surface area contributed by atoms with E-state index in [0.717, 1.165) is 16.8 Å². The standard InChI is InChI=1S/C11H10F4N4/c1-5-18-9(10(16)19(5)17)6-2-7(11(13,14)15)4-8(12)3-6/h2-4H,16-17H2,1H3. The smallest absolute Gasteiger partial charge is 0.382 e. The number of nitrogens with zero attached hydrogens (tertiary/aromatic N) is 2. The van der Waals surface area contributed by atoms with Crippen LogP contribution in [-0.2, 0) is 6.18 Å². The summed E-state index contributed by atoms with van der Waals surface area (Å²) in [4.78, 5) is 3.92. The van der Waals surface area contributed by atoms with Gasteiger partial charge in [-0.3, -0.25) is 0 Å². The van der Waals surface area contributed by atoms with Gasteiger partial charge in [-0.1, -0.05) is 0 Å². The Hall–Kier alpha value is -2.25. The van der Waals surface area contributed by atoms with Gasteiger partial charge in [0, 0.05) is 5.56 Å². The summed E-state index contributed by atoms with van der Waals surface area (Å²) in [5.74, 6) is 4.77. The van der Waals surface area contributed by atoms with E-state index < -0.39 is 17.6 Å². The van der Waals surface area contributed by atoms with Crippen LogP contribution in [-0.4, -0.2) is 9.66 Å². The lowest BCUT2D eigenvalue weighted by atomic mass is 10.1. The summed E-state index contributed by atoms with van der Waals surface area (Å²) in [5.41, 5.74) is 4.46. The molecule has 2 rings (SSSR count). The van der Waals surface area contributed by atoms with Crippen LogP contribution in [0.5, 0.6) is 0 Å². The molecule has 0 aliphatic carbocycles. The van der Waals surface area contributed by atoms with Crippen LogP contribution >= 0.6 is 0 Å². The number of imidazole rings is 1. The highest BCUT2D eigenvalue weighted by molar-refractivity contribution is 5.71. The van der Waals surface area contributed by atoms with Gasteiger partial charge in [-0.15, -0.1) is 0 Å². The first-order valence-corrected chi connectivity index (χ1v) is 5.18. The van der Waals surface area contributed by atoms with Gasteiger partial charge in [-0.25, -0.2) is 14.1 Å². The van der Waals surface area contributed by atoms with E-state index in [0.29, 0.717) is 11.9 Å². The Labute approximate surface area is 105 Å². The number of anilines is 1. The van der Waals surface area contributed by atoms with Crippen molar-refractivity contribution in [3.8, 4) is 11.3 Å². The molecule has 0 radical (unpaired) electrons. The molecular formula is C11H10F4N4. The van der Waals surface area contributed by atoms with Crippen LogP contribution in [0.2, 0.25) is 0 Å². The van der Waals surface area contributed by atoms with Gasteiger partial charge in [-0.05, 0) is 25.1 Å². The number of alkyl halides is 3. The van der Waals surface area contributed by atoms with Crippen molar-refractivity contribution < 1.29 is 17.6 Å². The van der Waals surface area contributed by atoms with E-state index in [1.54, 1.807) is 0 Å². The summed E-state index contributed by atoms with van der Waals surface area (Å²) in [6.45, 7) is 1.53. The molecule has 4 N–H and O–H groups in total. The second-order valence-electron chi connectivity index (χ2n) is 3.99. The fourth-order valence-electron chi connectivity index (χ4n) is 1.66. The van der Waals surface area contributed by atoms with Crippen LogP contribution in [0.4, 0.5) is 23.4 Å². The highest BCUT2D eigenvalue weighted by Gasteiger charge is 2.32. The second kappa shape index (κ2) is 4.15. The van der Waals surface area contributed by atoms with Crippen molar-refractivity contribution in [2.75, 3.05) is 11.6 Å². The number of aryl methyl sites for hydroxylation is 1. The maximum atomic E-state index is 13.3. The predicted octanol–water partition coefficient (Wildman–Crippen LogP) is 2.31. The molecule has 4 nitrogen and oxygen atoms in total. The monoisotopic (exact) mass is 274 g/mol. The lowest BCUT2D eigenvalue weighted by Crippen LogP contribution is -2.13. The fourth-order valence-corrected chi connectivity index (χ4v) is 1.66. The van der Waals surface area contributed by atoms with Crippen molar-refractivity contribution in [2.24, 2.45) is 0 Å². The second-order valence-corrected chi connectivity index (χ2v) is 3.99. The number of rotatable bonds is 1. The number of hydrogen-bond acceptors (Lipinski definition) is 3. The summed E-state index contributed by atoms with van der Waals surface area (Å²) in [5, 5.41) is 0. The quantitative estimate of drug-likeness (QED) is 0.619. The molecule has 1 aromatic carbocycles. The molecule has 102 valence electrons. The number of halogens is 4. The van der Waals surface area contributed by atoms with Gasteiger partial charge in [0.15, 0.2) is 5.82 Å². The highest BCUT2D eigenvalue weighted by Crippen LogP contribution is 2.34.